The van der Waals surface area contributed by atoms with Crippen LogP contribution in [0.3, 0.4) is 0 Å². The third-order valence-electron chi connectivity index (χ3n) is 2.89. The van der Waals surface area contributed by atoms with E-state index in [4.69, 9.17) is 40.1 Å². The molecule has 134 valence electrons. The molecule has 0 aliphatic rings. The van der Waals surface area contributed by atoms with Gasteiger partial charge in [-0.15, -0.1) is 5.10 Å². The number of hydrogen-bond donors (Lipinski definition) is 0. The Morgan fingerprint density at radius 1 is 1.28 bits per heavy atom. The number of hydrogen-bond acceptors (Lipinski definition) is 4. The van der Waals surface area contributed by atoms with Crippen molar-refractivity contribution in [3.8, 4) is 11.9 Å². The van der Waals surface area contributed by atoms with Crippen LogP contribution < -0.4 is 0 Å². The molecule has 25 heavy (non-hydrogen) atoms. The van der Waals surface area contributed by atoms with Gasteiger partial charge in [0.15, 0.2) is 5.82 Å². The number of nitriles is 1. The quantitative estimate of drug-likeness (QED) is 0.312. The summed E-state index contributed by atoms with van der Waals surface area (Å²) in [5, 5.41) is 12.3. The number of alkyl halides is 6. The van der Waals surface area contributed by atoms with E-state index in [0.29, 0.717) is 12.1 Å². The van der Waals surface area contributed by atoms with E-state index in [0.717, 1.165) is 4.68 Å². The first-order valence-electron chi connectivity index (χ1n) is 6.09. The topological polar surface area (TPSA) is 77.6 Å². The molecule has 2 heterocycles. The summed E-state index contributed by atoms with van der Waals surface area (Å²) in [5.41, 5.74) is -1.79. The van der Waals surface area contributed by atoms with Gasteiger partial charge in [-0.1, -0.05) is 11.6 Å². The minimum atomic E-state index is -4.72. The Morgan fingerprint density at radius 3 is 2.36 bits per heavy atom. The number of aromatic nitrogens is 3. The monoisotopic (exact) mass is 434 g/mol. The maximum atomic E-state index is 13.6. The van der Waals surface area contributed by atoms with Crippen LogP contribution in [0.5, 0.6) is 0 Å². The van der Waals surface area contributed by atoms with Gasteiger partial charge < -0.3 is 4.55 Å². The summed E-state index contributed by atoms with van der Waals surface area (Å²) in [7, 11) is 0. The van der Waals surface area contributed by atoms with Gasteiger partial charge in [0.2, 0.25) is 10.6 Å². The molecule has 0 radical (unpaired) electrons. The van der Waals surface area contributed by atoms with Gasteiger partial charge in [-0.2, -0.15) is 22.8 Å². The Bertz CT molecular complexity index is 860. The average molecular weight is 436 g/mol. The molecule has 1 unspecified atom stereocenters. The van der Waals surface area contributed by atoms with E-state index in [1.165, 1.54) is 6.92 Å². The first kappa shape index (κ1) is 20.1. The molecular weight excluding hydrogens is 431 g/mol. The maximum absolute atomic E-state index is 13.6. The summed E-state index contributed by atoms with van der Waals surface area (Å²) in [4.78, 5) is 3.22. The molecule has 0 bridgehead atoms. The van der Waals surface area contributed by atoms with Crippen molar-refractivity contribution in [2.45, 2.75) is 21.9 Å². The van der Waals surface area contributed by atoms with Crippen molar-refractivity contribution in [2.75, 3.05) is 0 Å². The van der Waals surface area contributed by atoms with Gasteiger partial charge in [0.25, 0.3) is 0 Å². The highest BCUT2D eigenvalue weighted by Gasteiger charge is 2.44. The van der Waals surface area contributed by atoms with Crippen LogP contribution in [0, 0.1) is 18.3 Å². The van der Waals surface area contributed by atoms with Crippen molar-refractivity contribution in [1.29, 1.82) is 5.26 Å². The normalized spacial score (nSPS) is 13.6. The molecule has 2 aromatic rings. The average Bonchev–Trinajstić information content (AvgIpc) is 2.80. The summed E-state index contributed by atoms with van der Waals surface area (Å²) in [6.45, 7) is 1.23. The molecule has 1 atom stereocenters. The van der Waals surface area contributed by atoms with Crippen LogP contribution in [0.4, 0.5) is 17.6 Å². The van der Waals surface area contributed by atoms with Crippen molar-refractivity contribution in [2.24, 2.45) is 0 Å². The molecule has 5 nitrogen and oxygen atoms in total. The third kappa shape index (κ3) is 4.12. The molecule has 2 rings (SSSR count). The van der Waals surface area contributed by atoms with Crippen molar-refractivity contribution in [1.82, 2.24) is 14.8 Å². The zero-order chi connectivity index (χ0) is 19.2. The van der Waals surface area contributed by atoms with Crippen molar-refractivity contribution in [3.63, 3.8) is 0 Å². The van der Waals surface area contributed by atoms with Crippen LogP contribution in [0.1, 0.15) is 17.0 Å². The fraction of sp³-hybridized carbons (Fsp3) is 0.250. The van der Waals surface area contributed by atoms with Gasteiger partial charge >= 0.3 is 10.1 Å². The molecule has 0 aromatic carbocycles. The molecule has 0 saturated heterocycles. The second-order valence-electron chi connectivity index (χ2n) is 4.54. The first-order chi connectivity index (χ1) is 11.4. The van der Waals surface area contributed by atoms with Gasteiger partial charge in [0, 0.05) is 0 Å². The summed E-state index contributed by atoms with van der Waals surface area (Å²) >= 11 is 13.2. The number of nitrogens with zero attached hydrogens (tertiary/aromatic N) is 4. The minimum absolute atomic E-state index is 0.138. The van der Waals surface area contributed by atoms with Crippen molar-refractivity contribution >= 4 is 46.0 Å². The Labute approximate surface area is 156 Å². The van der Waals surface area contributed by atoms with E-state index < -0.39 is 48.4 Å². The van der Waals surface area contributed by atoms with Crippen LogP contribution in [0.2, 0.25) is 5.15 Å². The Hall–Kier alpha value is -1.25. The molecule has 0 spiro atoms. The van der Waals surface area contributed by atoms with Crippen LogP contribution in [-0.4, -0.2) is 23.2 Å². The van der Waals surface area contributed by atoms with Gasteiger partial charge in [-0.3, -0.25) is 0 Å². The summed E-state index contributed by atoms with van der Waals surface area (Å²) < 4.78 is 61.8. The lowest BCUT2D eigenvalue weighted by atomic mass is 10.2. The third-order valence-corrected chi connectivity index (χ3v) is 5.20. The maximum Gasteiger partial charge on any atom is 0.423 e. The van der Waals surface area contributed by atoms with Crippen molar-refractivity contribution in [3.05, 3.63) is 34.2 Å². The van der Waals surface area contributed by atoms with Crippen LogP contribution in [-0.2, 0) is 17.4 Å². The smallest absolute Gasteiger partial charge is 0.423 e. The highest BCUT2D eigenvalue weighted by molar-refractivity contribution is 7.95. The van der Waals surface area contributed by atoms with Crippen LogP contribution in [0.15, 0.2) is 17.0 Å². The van der Waals surface area contributed by atoms with E-state index >= 15 is 0 Å². The molecule has 0 N–H and O–H groups in total. The predicted octanol–water partition coefficient (Wildman–Crippen LogP) is 4.29. The molecule has 0 fully saturated rings. The minimum Gasteiger partial charge on any atom is -0.607 e. The highest BCUT2D eigenvalue weighted by Crippen LogP contribution is 2.38. The van der Waals surface area contributed by atoms with Crippen LogP contribution >= 0.6 is 34.8 Å². The summed E-state index contributed by atoms with van der Waals surface area (Å²) in [6, 6.07) is 2.76. The second-order valence-corrected chi connectivity index (χ2v) is 8.11. The number of halogens is 7. The molecular formula is C12H5Cl3F4N4OS. The molecule has 0 aliphatic carbocycles. The predicted molar refractivity (Wildman–Crippen MR) is 82.8 cm³/mol. The fourth-order valence-electron chi connectivity index (χ4n) is 1.88. The highest BCUT2D eigenvalue weighted by atomic mass is 35.5. The van der Waals surface area contributed by atoms with Gasteiger partial charge in [0.1, 0.15) is 11.2 Å². The second kappa shape index (κ2) is 6.81. The van der Waals surface area contributed by atoms with E-state index in [2.05, 4.69) is 10.1 Å². The van der Waals surface area contributed by atoms with E-state index in [1.54, 1.807) is 6.07 Å². The molecule has 2 aromatic heterocycles. The van der Waals surface area contributed by atoms with E-state index in [-0.39, 0.29) is 5.69 Å². The molecule has 13 heteroatoms. The van der Waals surface area contributed by atoms with Gasteiger partial charge in [-0.25, -0.2) is 9.67 Å². The van der Waals surface area contributed by atoms with Gasteiger partial charge in [0.05, 0.1) is 22.4 Å². The standard InChI is InChI=1S/C12H5Cl3F4N4OS/c1-5-10(25(24)12(14,15)19)7(4-20)22-23(5)9-3-6(11(16,17)18)2-8(13)21-9/h2-3H,1H3. The molecule has 0 saturated carbocycles. The lowest BCUT2D eigenvalue weighted by molar-refractivity contribution is -0.137. The molecule has 0 aliphatic heterocycles. The van der Waals surface area contributed by atoms with Crippen LogP contribution in [0.25, 0.3) is 5.82 Å². The lowest BCUT2D eigenvalue weighted by Gasteiger charge is -2.15. The fourth-order valence-corrected chi connectivity index (χ4v) is 3.39. The van der Waals surface area contributed by atoms with E-state index in [9.17, 15) is 22.1 Å². The SMILES string of the molecule is Cc1c([S+]([O-])C(F)(Cl)Cl)c(C#N)nn1-c1cc(C(F)(F)F)cc(Cl)n1. The van der Waals surface area contributed by atoms with Crippen molar-refractivity contribution < 1.29 is 22.1 Å². The lowest BCUT2D eigenvalue weighted by Crippen LogP contribution is -2.22. The summed E-state index contributed by atoms with van der Waals surface area (Å²) in [5.74, 6) is -0.411. The Kier molecular flexibility index (Phi) is 5.47. The zero-order valence-electron chi connectivity index (χ0n) is 11.9. The van der Waals surface area contributed by atoms with E-state index in [1.807, 2.05) is 0 Å². The largest absolute Gasteiger partial charge is 0.607 e. The van der Waals surface area contributed by atoms with Gasteiger partial charge in [-0.05, 0) is 42.3 Å². The summed E-state index contributed by atoms with van der Waals surface area (Å²) in [6.07, 6.45) is -4.72. The Balaban J connectivity index is 2.69. The number of rotatable bonds is 3. The zero-order valence-corrected chi connectivity index (χ0v) is 15.0. The Morgan fingerprint density at radius 2 is 1.88 bits per heavy atom. The first-order valence-corrected chi connectivity index (χ1v) is 8.38. The molecule has 0 amide bonds. The number of pyridine rings is 1.